The summed E-state index contributed by atoms with van der Waals surface area (Å²) < 4.78 is 20.2. The lowest BCUT2D eigenvalue weighted by Crippen LogP contribution is -2.55. The topological polar surface area (TPSA) is 27.7 Å². The molecule has 0 amide bonds. The van der Waals surface area contributed by atoms with Gasteiger partial charge >= 0.3 is 0 Å². The minimum absolute atomic E-state index is 0.0300. The van der Waals surface area contributed by atoms with E-state index in [2.05, 4.69) is 99.6 Å². The number of hydrogen-bond acceptors (Lipinski definition) is 3. The van der Waals surface area contributed by atoms with Crippen LogP contribution in [0, 0.1) is 0 Å². The van der Waals surface area contributed by atoms with Gasteiger partial charge in [-0.1, -0.05) is 75.8 Å². The van der Waals surface area contributed by atoms with Gasteiger partial charge in [-0.3, -0.25) is 0 Å². The van der Waals surface area contributed by atoms with Crippen molar-refractivity contribution in [2.24, 2.45) is 0 Å². The summed E-state index contributed by atoms with van der Waals surface area (Å²) in [6.07, 6.45) is 8.49. The third-order valence-electron chi connectivity index (χ3n) is 4.82. The Labute approximate surface area is 193 Å². The number of unbranched alkanes of at least 4 members (excludes halogenated alkanes) is 5. The van der Waals surface area contributed by atoms with E-state index in [0.29, 0.717) is 0 Å². The van der Waals surface area contributed by atoms with E-state index < -0.39 is 22.8 Å². The molecule has 0 aliphatic rings. The van der Waals surface area contributed by atoms with Gasteiger partial charge in [0.25, 0.3) is 5.97 Å². The molecule has 0 saturated carbocycles. The molecule has 1 aromatic carbocycles. The summed E-state index contributed by atoms with van der Waals surface area (Å²) in [7, 11) is 0. The Bertz CT molecular complexity index is 561. The molecular weight excluding hydrogens is 384 g/mol. The van der Waals surface area contributed by atoms with Gasteiger partial charge in [0.2, 0.25) is 0 Å². The van der Waals surface area contributed by atoms with E-state index in [9.17, 15) is 0 Å². The van der Waals surface area contributed by atoms with Crippen molar-refractivity contribution in [1.29, 1.82) is 0 Å². The molecule has 1 aromatic rings. The van der Waals surface area contributed by atoms with Crippen molar-refractivity contribution in [3.05, 3.63) is 35.9 Å². The largest absolute Gasteiger partial charge is 0.321 e. The Morgan fingerprint density at radius 1 is 0.613 bits per heavy atom. The lowest BCUT2D eigenvalue weighted by molar-refractivity contribution is -0.456. The Morgan fingerprint density at radius 3 is 1.45 bits per heavy atom. The molecule has 0 aliphatic heterocycles. The maximum atomic E-state index is 6.75. The number of ether oxygens (including phenoxy) is 3. The summed E-state index contributed by atoms with van der Waals surface area (Å²) in [5.41, 5.74) is -0.0752. The second-order valence-electron chi connectivity index (χ2n) is 11.8. The van der Waals surface area contributed by atoms with Gasteiger partial charge in [0, 0.05) is 0 Å². The smallest absolute Gasteiger partial charge is 0.291 e. The molecule has 0 heterocycles. The summed E-state index contributed by atoms with van der Waals surface area (Å²) in [5.74, 6) is -1.21. The zero-order chi connectivity index (χ0) is 23.8. The molecule has 0 spiro atoms. The van der Waals surface area contributed by atoms with Crippen LogP contribution in [0.4, 0.5) is 0 Å². The average molecular weight is 435 g/mol. The minimum Gasteiger partial charge on any atom is -0.321 e. The van der Waals surface area contributed by atoms with Gasteiger partial charge in [0.1, 0.15) is 0 Å². The SMILES string of the molecule is CCCCCCCCC(c1ccccc1)C(OC(C)(C)C)(OC(C)(C)C)OC(C)(C)C. The van der Waals surface area contributed by atoms with Gasteiger partial charge < -0.3 is 14.2 Å². The third kappa shape index (κ3) is 11.5. The Balaban J connectivity index is 3.38. The van der Waals surface area contributed by atoms with E-state index in [-0.39, 0.29) is 5.92 Å². The highest BCUT2D eigenvalue weighted by Crippen LogP contribution is 2.45. The van der Waals surface area contributed by atoms with Crippen LogP contribution < -0.4 is 0 Å². The fraction of sp³-hybridized carbons (Fsp3) is 0.786. The summed E-state index contributed by atoms with van der Waals surface area (Å²) in [6, 6.07) is 10.6. The second-order valence-corrected chi connectivity index (χ2v) is 11.8. The van der Waals surface area contributed by atoms with E-state index in [0.717, 1.165) is 12.8 Å². The fourth-order valence-electron chi connectivity index (χ4n) is 3.92. The van der Waals surface area contributed by atoms with Crippen molar-refractivity contribution in [3.8, 4) is 0 Å². The van der Waals surface area contributed by atoms with E-state index >= 15 is 0 Å². The number of rotatable bonds is 12. The molecule has 180 valence electrons. The van der Waals surface area contributed by atoms with Crippen LogP contribution >= 0.6 is 0 Å². The molecule has 1 rings (SSSR count). The van der Waals surface area contributed by atoms with Crippen molar-refractivity contribution >= 4 is 0 Å². The van der Waals surface area contributed by atoms with Crippen LogP contribution in [0.5, 0.6) is 0 Å². The molecule has 1 atom stereocenters. The predicted octanol–water partition coefficient (Wildman–Crippen LogP) is 8.62. The monoisotopic (exact) mass is 434 g/mol. The molecule has 3 heteroatoms. The quantitative estimate of drug-likeness (QED) is 0.243. The molecule has 0 aliphatic carbocycles. The van der Waals surface area contributed by atoms with Crippen molar-refractivity contribution in [3.63, 3.8) is 0 Å². The Hall–Kier alpha value is -0.900. The standard InChI is InChI=1S/C28H50O3/c1-11-12-13-14-15-19-22-24(23-20-17-16-18-21-23)28(29-25(2,3)4,30-26(5,6)7)31-27(8,9)10/h16-18,20-21,24H,11-15,19,22H2,1-10H3. The Kier molecular flexibility index (Phi) is 10.7. The highest BCUT2D eigenvalue weighted by atomic mass is 16.9. The first kappa shape index (κ1) is 28.1. The first-order chi connectivity index (χ1) is 14.2. The van der Waals surface area contributed by atoms with Crippen molar-refractivity contribution < 1.29 is 14.2 Å². The summed E-state index contributed by atoms with van der Waals surface area (Å²) in [5, 5.41) is 0. The van der Waals surface area contributed by atoms with Gasteiger partial charge in [0.15, 0.2) is 0 Å². The van der Waals surface area contributed by atoms with E-state index in [1.165, 1.54) is 37.7 Å². The molecule has 0 saturated heterocycles. The second kappa shape index (κ2) is 11.8. The third-order valence-corrected chi connectivity index (χ3v) is 4.82. The molecule has 0 N–H and O–H groups in total. The van der Waals surface area contributed by atoms with E-state index in [1.807, 2.05) is 0 Å². The fourth-order valence-corrected chi connectivity index (χ4v) is 3.92. The van der Waals surface area contributed by atoms with E-state index in [1.54, 1.807) is 0 Å². The lowest BCUT2D eigenvalue weighted by Gasteiger charge is -2.49. The van der Waals surface area contributed by atoms with Gasteiger partial charge in [-0.25, -0.2) is 0 Å². The van der Waals surface area contributed by atoms with Crippen LogP contribution in [0.3, 0.4) is 0 Å². The normalized spacial score (nSPS) is 14.6. The molecule has 1 unspecified atom stereocenters. The van der Waals surface area contributed by atoms with Crippen LogP contribution in [0.15, 0.2) is 30.3 Å². The molecule has 0 bridgehead atoms. The van der Waals surface area contributed by atoms with Crippen molar-refractivity contribution in [1.82, 2.24) is 0 Å². The van der Waals surface area contributed by atoms with Crippen molar-refractivity contribution in [2.75, 3.05) is 0 Å². The highest BCUT2D eigenvalue weighted by Gasteiger charge is 2.50. The number of benzene rings is 1. The molecule has 31 heavy (non-hydrogen) atoms. The first-order valence-corrected chi connectivity index (χ1v) is 12.3. The summed E-state index contributed by atoms with van der Waals surface area (Å²) in [6.45, 7) is 20.9. The van der Waals surface area contributed by atoms with Crippen LogP contribution in [0.1, 0.15) is 126 Å². The minimum atomic E-state index is -1.18. The molecule has 3 nitrogen and oxygen atoms in total. The van der Waals surface area contributed by atoms with E-state index in [4.69, 9.17) is 14.2 Å². The molecule has 0 radical (unpaired) electrons. The highest BCUT2D eigenvalue weighted by molar-refractivity contribution is 5.21. The van der Waals surface area contributed by atoms with Crippen LogP contribution in [-0.4, -0.2) is 22.8 Å². The van der Waals surface area contributed by atoms with Crippen LogP contribution in [-0.2, 0) is 14.2 Å². The molecule has 0 fully saturated rings. The van der Waals surface area contributed by atoms with Gasteiger partial charge in [0.05, 0.1) is 22.7 Å². The van der Waals surface area contributed by atoms with Gasteiger partial charge in [-0.05, 0) is 74.3 Å². The summed E-state index contributed by atoms with van der Waals surface area (Å²) in [4.78, 5) is 0. The molecule has 0 aromatic heterocycles. The maximum absolute atomic E-state index is 6.75. The zero-order valence-electron chi connectivity index (χ0n) is 22.1. The Morgan fingerprint density at radius 2 is 1.03 bits per heavy atom. The maximum Gasteiger partial charge on any atom is 0.291 e. The van der Waals surface area contributed by atoms with Crippen molar-refractivity contribution in [2.45, 2.75) is 143 Å². The first-order valence-electron chi connectivity index (χ1n) is 12.3. The lowest BCUT2D eigenvalue weighted by atomic mass is 9.89. The molecular formula is C28H50O3. The van der Waals surface area contributed by atoms with Crippen LogP contribution in [0.25, 0.3) is 0 Å². The van der Waals surface area contributed by atoms with Gasteiger partial charge in [-0.15, -0.1) is 0 Å². The van der Waals surface area contributed by atoms with Crippen LogP contribution in [0.2, 0.25) is 0 Å². The number of hydrogen-bond donors (Lipinski definition) is 0. The summed E-state index contributed by atoms with van der Waals surface area (Å²) >= 11 is 0. The predicted molar refractivity (Wildman–Crippen MR) is 132 cm³/mol. The zero-order valence-corrected chi connectivity index (χ0v) is 22.1. The van der Waals surface area contributed by atoms with Gasteiger partial charge in [-0.2, -0.15) is 0 Å². The average Bonchev–Trinajstić information content (AvgIpc) is 2.57.